The van der Waals surface area contributed by atoms with E-state index in [4.69, 9.17) is 0 Å². The number of pyridine rings is 1. The van der Waals surface area contributed by atoms with E-state index in [1.807, 2.05) is 23.8 Å². The molecule has 2 N–H and O–H groups in total. The summed E-state index contributed by atoms with van der Waals surface area (Å²) in [7, 11) is 0. The average molecular weight is 372 g/mol. The molecule has 0 saturated carbocycles. The molecule has 0 aromatic carbocycles. The van der Waals surface area contributed by atoms with Crippen molar-refractivity contribution in [2.45, 2.75) is 26.2 Å². The van der Waals surface area contributed by atoms with Gasteiger partial charge in [-0.05, 0) is 40.9 Å². The van der Waals surface area contributed by atoms with Crippen molar-refractivity contribution in [3.8, 4) is 5.88 Å². The third-order valence-corrected chi connectivity index (χ3v) is 3.72. The zero-order valence-corrected chi connectivity index (χ0v) is 14.5. The fourth-order valence-corrected chi connectivity index (χ4v) is 2.54. The molecule has 0 spiro atoms. The summed E-state index contributed by atoms with van der Waals surface area (Å²) in [5.74, 6) is 0.570. The Morgan fingerprint density at radius 1 is 1.28 bits per heavy atom. The summed E-state index contributed by atoms with van der Waals surface area (Å²) >= 11 is 1.61. The number of rotatable bonds is 7. The van der Waals surface area contributed by atoms with Crippen LogP contribution in [0.15, 0.2) is 40.1 Å². The smallest absolute Gasteiger partial charge is 0.422 e. The number of nitrogens with one attached hydrogen (secondary N) is 2. The normalized spacial score (nSPS) is 12.1. The summed E-state index contributed by atoms with van der Waals surface area (Å²) in [5, 5.41) is 10.3. The highest BCUT2D eigenvalue weighted by atomic mass is 32.1. The van der Waals surface area contributed by atoms with Crippen molar-refractivity contribution in [2.75, 3.05) is 13.2 Å². The Balaban J connectivity index is 1.92. The van der Waals surface area contributed by atoms with Crippen molar-refractivity contribution in [3.05, 3.63) is 46.3 Å². The average Bonchev–Trinajstić information content (AvgIpc) is 3.09. The molecule has 136 valence electrons. The van der Waals surface area contributed by atoms with E-state index in [1.165, 1.54) is 12.3 Å². The van der Waals surface area contributed by atoms with Gasteiger partial charge in [-0.25, -0.2) is 9.98 Å². The summed E-state index contributed by atoms with van der Waals surface area (Å²) < 4.78 is 41.2. The van der Waals surface area contributed by atoms with Gasteiger partial charge in [-0.2, -0.15) is 24.5 Å². The summed E-state index contributed by atoms with van der Waals surface area (Å²) in [5.41, 5.74) is 1.86. The molecule has 0 bridgehead atoms. The second-order valence-corrected chi connectivity index (χ2v) is 5.87. The zero-order valence-electron chi connectivity index (χ0n) is 13.6. The number of guanidine groups is 1. The van der Waals surface area contributed by atoms with Gasteiger partial charge in [-0.3, -0.25) is 0 Å². The minimum absolute atomic E-state index is 0.0585. The third kappa shape index (κ3) is 7.42. The quantitative estimate of drug-likeness (QED) is 0.578. The molecule has 0 atom stereocenters. The molecule has 0 unspecified atom stereocenters. The molecule has 0 fully saturated rings. The molecule has 2 heterocycles. The molecule has 25 heavy (non-hydrogen) atoms. The van der Waals surface area contributed by atoms with E-state index in [-0.39, 0.29) is 5.88 Å². The summed E-state index contributed by atoms with van der Waals surface area (Å²) in [6, 6.07) is 5.18. The highest BCUT2D eigenvalue weighted by Crippen LogP contribution is 2.17. The van der Waals surface area contributed by atoms with Gasteiger partial charge in [0, 0.05) is 25.4 Å². The van der Waals surface area contributed by atoms with Crippen LogP contribution in [-0.4, -0.2) is 30.3 Å². The van der Waals surface area contributed by atoms with Gasteiger partial charge in [0.2, 0.25) is 5.88 Å². The van der Waals surface area contributed by atoms with Gasteiger partial charge in [0.25, 0.3) is 0 Å². The van der Waals surface area contributed by atoms with E-state index in [2.05, 4.69) is 25.3 Å². The zero-order chi connectivity index (χ0) is 18.1. The maximum atomic E-state index is 12.2. The lowest BCUT2D eigenvalue weighted by Gasteiger charge is -2.12. The predicted octanol–water partition coefficient (Wildman–Crippen LogP) is 3.34. The SMILES string of the molecule is CCNC(=NCc1ccsc1)NCc1ccnc(OCC(F)(F)F)c1. The van der Waals surface area contributed by atoms with Gasteiger partial charge < -0.3 is 15.4 Å². The Morgan fingerprint density at radius 2 is 2.12 bits per heavy atom. The Labute approximate surface area is 148 Å². The number of thiophene rings is 1. The first-order valence-corrected chi connectivity index (χ1v) is 8.58. The van der Waals surface area contributed by atoms with E-state index in [9.17, 15) is 13.2 Å². The lowest BCUT2D eigenvalue weighted by molar-refractivity contribution is -0.154. The molecule has 0 aliphatic heterocycles. The third-order valence-electron chi connectivity index (χ3n) is 2.99. The van der Waals surface area contributed by atoms with Crippen molar-refractivity contribution in [2.24, 2.45) is 4.99 Å². The van der Waals surface area contributed by atoms with Crippen LogP contribution in [0.1, 0.15) is 18.1 Å². The van der Waals surface area contributed by atoms with Gasteiger partial charge in [0.15, 0.2) is 12.6 Å². The van der Waals surface area contributed by atoms with Crippen LogP contribution in [0, 0.1) is 0 Å². The molecule has 0 aliphatic carbocycles. The fourth-order valence-electron chi connectivity index (χ4n) is 1.88. The van der Waals surface area contributed by atoms with Crippen LogP contribution in [0.25, 0.3) is 0 Å². The Hall–Kier alpha value is -2.29. The largest absolute Gasteiger partial charge is 0.468 e. The maximum Gasteiger partial charge on any atom is 0.422 e. The van der Waals surface area contributed by atoms with Crippen LogP contribution < -0.4 is 15.4 Å². The van der Waals surface area contributed by atoms with Gasteiger partial charge in [-0.15, -0.1) is 0 Å². The van der Waals surface area contributed by atoms with E-state index in [0.717, 1.165) is 11.1 Å². The van der Waals surface area contributed by atoms with Gasteiger partial charge in [0.1, 0.15) is 0 Å². The van der Waals surface area contributed by atoms with Crippen molar-refractivity contribution >= 4 is 17.3 Å². The van der Waals surface area contributed by atoms with E-state index in [1.54, 1.807) is 17.4 Å². The van der Waals surface area contributed by atoms with Crippen LogP contribution in [0.3, 0.4) is 0 Å². The van der Waals surface area contributed by atoms with Crippen molar-refractivity contribution < 1.29 is 17.9 Å². The molecule has 2 aromatic rings. The molecule has 9 heteroatoms. The van der Waals surface area contributed by atoms with Crippen molar-refractivity contribution in [1.82, 2.24) is 15.6 Å². The lowest BCUT2D eigenvalue weighted by atomic mass is 10.2. The van der Waals surface area contributed by atoms with Crippen molar-refractivity contribution in [1.29, 1.82) is 0 Å². The summed E-state index contributed by atoms with van der Waals surface area (Å²) in [4.78, 5) is 8.25. The molecule has 0 saturated heterocycles. The van der Waals surface area contributed by atoms with Gasteiger partial charge in [0.05, 0.1) is 6.54 Å². The molecule has 0 amide bonds. The fraction of sp³-hybridized carbons (Fsp3) is 0.375. The molecule has 0 radical (unpaired) electrons. The Kier molecular flexibility index (Phi) is 7.05. The monoisotopic (exact) mass is 372 g/mol. The number of aliphatic imine (C=N–C) groups is 1. The molecular formula is C16H19F3N4OS. The van der Waals surface area contributed by atoms with E-state index < -0.39 is 12.8 Å². The van der Waals surface area contributed by atoms with E-state index in [0.29, 0.717) is 25.6 Å². The minimum Gasteiger partial charge on any atom is -0.468 e. The molecule has 0 aliphatic rings. The van der Waals surface area contributed by atoms with Crippen LogP contribution in [-0.2, 0) is 13.1 Å². The first-order valence-electron chi connectivity index (χ1n) is 7.64. The predicted molar refractivity (Wildman–Crippen MR) is 91.8 cm³/mol. The van der Waals surface area contributed by atoms with Gasteiger partial charge >= 0.3 is 6.18 Å². The minimum atomic E-state index is -4.39. The number of alkyl halides is 3. The maximum absolute atomic E-state index is 12.2. The number of hydrogen-bond acceptors (Lipinski definition) is 4. The topological polar surface area (TPSA) is 58.5 Å². The molecule has 2 aromatic heterocycles. The summed E-state index contributed by atoms with van der Waals surface area (Å²) in [6.07, 6.45) is -2.97. The first-order chi connectivity index (χ1) is 12.0. The lowest BCUT2D eigenvalue weighted by Crippen LogP contribution is -2.36. The molecule has 2 rings (SSSR count). The number of ether oxygens (including phenoxy) is 1. The second-order valence-electron chi connectivity index (χ2n) is 5.09. The van der Waals surface area contributed by atoms with Crippen LogP contribution in [0.4, 0.5) is 13.2 Å². The standard InChI is InChI=1S/C16H19F3N4OS/c1-2-20-15(23-9-13-4-6-25-10-13)22-8-12-3-5-21-14(7-12)24-11-16(17,18)19/h3-7,10H,2,8-9,11H2,1H3,(H2,20,22,23). The molecule has 5 nitrogen and oxygen atoms in total. The van der Waals surface area contributed by atoms with Crippen LogP contribution in [0.2, 0.25) is 0 Å². The van der Waals surface area contributed by atoms with Crippen LogP contribution in [0.5, 0.6) is 5.88 Å². The second kappa shape index (κ2) is 9.26. The highest BCUT2D eigenvalue weighted by Gasteiger charge is 2.28. The number of nitrogens with zero attached hydrogens (tertiary/aromatic N) is 2. The summed E-state index contributed by atoms with van der Waals surface area (Å²) in [6.45, 7) is 2.24. The highest BCUT2D eigenvalue weighted by molar-refractivity contribution is 7.07. The van der Waals surface area contributed by atoms with Gasteiger partial charge in [-0.1, -0.05) is 0 Å². The number of aromatic nitrogens is 1. The van der Waals surface area contributed by atoms with Crippen LogP contribution >= 0.6 is 11.3 Å². The molecular weight excluding hydrogens is 353 g/mol. The van der Waals surface area contributed by atoms with Crippen molar-refractivity contribution in [3.63, 3.8) is 0 Å². The Bertz CT molecular complexity index is 674. The number of halogens is 3. The van der Waals surface area contributed by atoms with E-state index >= 15 is 0 Å². The first kappa shape index (κ1) is 19.0. The Morgan fingerprint density at radius 3 is 2.80 bits per heavy atom. The number of hydrogen-bond donors (Lipinski definition) is 2.